The number of ether oxygens (including phenoxy) is 1. The lowest BCUT2D eigenvalue weighted by atomic mass is 10.0. The number of hydrogen-bond donors (Lipinski definition) is 2. The number of hydrogen-bond acceptors (Lipinski definition) is 6. The van der Waals surface area contributed by atoms with Crippen LogP contribution in [0.5, 0.6) is 5.75 Å². The number of benzene rings is 3. The lowest BCUT2D eigenvalue weighted by molar-refractivity contribution is 0.0706. The number of para-hydroxylation sites is 1. The Morgan fingerprint density at radius 2 is 1.77 bits per heavy atom. The van der Waals surface area contributed by atoms with Gasteiger partial charge in [0.15, 0.2) is 0 Å². The van der Waals surface area contributed by atoms with Crippen LogP contribution >= 0.6 is 0 Å². The Morgan fingerprint density at radius 3 is 2.48 bits per heavy atom. The molecule has 3 aromatic carbocycles. The van der Waals surface area contributed by atoms with Gasteiger partial charge >= 0.3 is 5.63 Å². The van der Waals surface area contributed by atoms with Crippen LogP contribution in [0.3, 0.4) is 0 Å². The van der Waals surface area contributed by atoms with E-state index in [-0.39, 0.29) is 0 Å². The zero-order valence-corrected chi connectivity index (χ0v) is 17.0. The van der Waals surface area contributed by atoms with Crippen LogP contribution in [0.15, 0.2) is 82.0 Å². The van der Waals surface area contributed by atoms with E-state index in [0.717, 1.165) is 27.9 Å². The van der Waals surface area contributed by atoms with Crippen molar-refractivity contribution in [1.29, 1.82) is 0 Å². The lowest BCUT2D eigenvalue weighted by Gasteiger charge is -2.22. The fourth-order valence-corrected chi connectivity index (χ4v) is 3.51. The Balaban J connectivity index is 1.79. The molecule has 0 radical (unpaired) electrons. The molecule has 156 valence electrons. The van der Waals surface area contributed by atoms with E-state index >= 15 is 0 Å². The van der Waals surface area contributed by atoms with Gasteiger partial charge in [0.1, 0.15) is 11.3 Å². The maximum absolute atomic E-state index is 12.1. The summed E-state index contributed by atoms with van der Waals surface area (Å²) in [6.07, 6.45) is 0. The summed E-state index contributed by atoms with van der Waals surface area (Å²) in [5.41, 5.74) is 5.25. The minimum atomic E-state index is -0.582. The highest BCUT2D eigenvalue weighted by Gasteiger charge is 2.15. The molecule has 0 bridgehead atoms. The molecule has 0 unspecified atom stereocenters. The molecule has 4 rings (SSSR count). The second kappa shape index (κ2) is 8.33. The average Bonchev–Trinajstić information content (AvgIpc) is 2.82. The second-order valence-electron chi connectivity index (χ2n) is 6.91. The third kappa shape index (κ3) is 3.86. The molecule has 0 atom stereocenters. The van der Waals surface area contributed by atoms with Crippen molar-refractivity contribution in [2.45, 2.75) is 0 Å². The van der Waals surface area contributed by atoms with Crippen LogP contribution in [0, 0.1) is 0 Å². The van der Waals surface area contributed by atoms with Gasteiger partial charge in [-0.25, -0.2) is 10.3 Å². The first-order valence-corrected chi connectivity index (χ1v) is 9.51. The summed E-state index contributed by atoms with van der Waals surface area (Å²) < 4.78 is 10.8. The van der Waals surface area contributed by atoms with Gasteiger partial charge in [0, 0.05) is 35.3 Å². The van der Waals surface area contributed by atoms with Crippen molar-refractivity contribution in [3.63, 3.8) is 0 Å². The first-order valence-electron chi connectivity index (χ1n) is 9.51. The second-order valence-corrected chi connectivity index (χ2v) is 6.91. The quantitative estimate of drug-likeness (QED) is 0.285. The van der Waals surface area contributed by atoms with E-state index in [1.807, 2.05) is 48.3 Å². The molecule has 1 aromatic heterocycles. The van der Waals surface area contributed by atoms with Gasteiger partial charge < -0.3 is 14.1 Å². The van der Waals surface area contributed by atoms with Crippen LogP contribution < -0.4 is 20.7 Å². The molecule has 0 aliphatic rings. The van der Waals surface area contributed by atoms with Gasteiger partial charge in [-0.3, -0.25) is 10.0 Å². The van der Waals surface area contributed by atoms with E-state index in [9.17, 15) is 9.59 Å². The van der Waals surface area contributed by atoms with Gasteiger partial charge in [-0.2, -0.15) is 0 Å². The predicted molar refractivity (Wildman–Crippen MR) is 118 cm³/mol. The van der Waals surface area contributed by atoms with Crippen molar-refractivity contribution in [2.24, 2.45) is 0 Å². The standard InChI is InChI=1S/C24H20N2O5/c1-26(20-14-23(27)31-22-6-4-3-5-18(20)22)17-11-12-21(30-2)19(13-17)15-7-9-16(10-8-15)24(28)25-29/h3-14,29H,1-2H3,(H,25,28). The number of nitrogens with one attached hydrogen (secondary N) is 1. The number of fused-ring (bicyclic) bond motifs is 1. The highest BCUT2D eigenvalue weighted by atomic mass is 16.5. The minimum Gasteiger partial charge on any atom is -0.496 e. The number of carbonyl (C=O) groups excluding carboxylic acids is 1. The van der Waals surface area contributed by atoms with E-state index in [0.29, 0.717) is 16.9 Å². The number of methoxy groups -OCH3 is 1. The van der Waals surface area contributed by atoms with Gasteiger partial charge in [-0.15, -0.1) is 0 Å². The van der Waals surface area contributed by atoms with Crippen LogP contribution in [-0.2, 0) is 0 Å². The Hall–Kier alpha value is -4.10. The molecule has 1 amide bonds. The molecule has 0 saturated carbocycles. The highest BCUT2D eigenvalue weighted by molar-refractivity contribution is 5.94. The van der Waals surface area contributed by atoms with Crippen molar-refractivity contribution in [3.8, 4) is 16.9 Å². The molecule has 0 saturated heterocycles. The van der Waals surface area contributed by atoms with Crippen molar-refractivity contribution in [1.82, 2.24) is 5.48 Å². The monoisotopic (exact) mass is 416 g/mol. The van der Waals surface area contributed by atoms with E-state index in [2.05, 4.69) is 0 Å². The summed E-state index contributed by atoms with van der Waals surface area (Å²) in [7, 11) is 3.47. The Kier molecular flexibility index (Phi) is 5.43. The zero-order valence-electron chi connectivity index (χ0n) is 17.0. The van der Waals surface area contributed by atoms with Gasteiger partial charge in [-0.1, -0.05) is 24.3 Å². The lowest BCUT2D eigenvalue weighted by Crippen LogP contribution is -2.18. The van der Waals surface area contributed by atoms with Crippen molar-refractivity contribution < 1.29 is 19.2 Å². The molecular weight excluding hydrogens is 396 g/mol. The molecule has 0 fully saturated rings. The number of hydroxylamine groups is 1. The summed E-state index contributed by atoms with van der Waals surface area (Å²) in [4.78, 5) is 25.6. The van der Waals surface area contributed by atoms with Crippen LogP contribution in [0.4, 0.5) is 11.4 Å². The molecule has 0 spiro atoms. The molecule has 31 heavy (non-hydrogen) atoms. The summed E-state index contributed by atoms with van der Waals surface area (Å²) >= 11 is 0. The molecule has 4 aromatic rings. The van der Waals surface area contributed by atoms with E-state index in [1.54, 1.807) is 42.9 Å². The summed E-state index contributed by atoms with van der Waals surface area (Å²) in [5.74, 6) is 0.0794. The van der Waals surface area contributed by atoms with Crippen LogP contribution in [0.1, 0.15) is 10.4 Å². The van der Waals surface area contributed by atoms with E-state index in [1.165, 1.54) is 6.07 Å². The SMILES string of the molecule is COc1ccc(N(C)c2cc(=O)oc3ccccc23)cc1-c1ccc(C(=O)NO)cc1. The highest BCUT2D eigenvalue weighted by Crippen LogP contribution is 2.37. The average molecular weight is 416 g/mol. The first kappa shape index (κ1) is 20.2. The number of carbonyl (C=O) groups is 1. The Morgan fingerprint density at radius 1 is 1.03 bits per heavy atom. The third-order valence-corrected chi connectivity index (χ3v) is 5.12. The third-order valence-electron chi connectivity index (χ3n) is 5.12. The maximum atomic E-state index is 12.1. The van der Waals surface area contributed by atoms with Crippen LogP contribution in [0.2, 0.25) is 0 Å². The maximum Gasteiger partial charge on any atom is 0.338 e. The largest absolute Gasteiger partial charge is 0.496 e. The number of nitrogens with zero attached hydrogens (tertiary/aromatic N) is 1. The molecule has 2 N–H and O–H groups in total. The Labute approximate surface area is 178 Å². The normalized spacial score (nSPS) is 10.7. The first-order chi connectivity index (χ1) is 15.0. The minimum absolute atomic E-state index is 0.334. The van der Waals surface area contributed by atoms with E-state index in [4.69, 9.17) is 14.4 Å². The number of anilines is 2. The zero-order chi connectivity index (χ0) is 22.0. The topological polar surface area (TPSA) is 92.0 Å². The van der Waals surface area contributed by atoms with Gasteiger partial charge in [-0.05, 0) is 48.0 Å². The van der Waals surface area contributed by atoms with Crippen LogP contribution in [0.25, 0.3) is 22.1 Å². The van der Waals surface area contributed by atoms with Crippen molar-refractivity contribution >= 4 is 28.3 Å². The van der Waals surface area contributed by atoms with Crippen molar-refractivity contribution in [2.75, 3.05) is 19.1 Å². The molecule has 0 aliphatic heterocycles. The fourth-order valence-electron chi connectivity index (χ4n) is 3.51. The number of rotatable bonds is 5. The fraction of sp³-hybridized carbons (Fsp3) is 0.0833. The smallest absolute Gasteiger partial charge is 0.338 e. The number of amides is 1. The molecular formula is C24H20N2O5. The van der Waals surface area contributed by atoms with Gasteiger partial charge in [0.25, 0.3) is 5.91 Å². The van der Waals surface area contributed by atoms with Gasteiger partial charge in [0.05, 0.1) is 12.8 Å². The Bertz CT molecular complexity index is 1310. The molecule has 1 heterocycles. The van der Waals surface area contributed by atoms with Gasteiger partial charge in [0.2, 0.25) is 0 Å². The summed E-state index contributed by atoms with van der Waals surface area (Å²) in [5, 5.41) is 9.62. The predicted octanol–water partition coefficient (Wildman–Crippen LogP) is 4.36. The molecule has 7 nitrogen and oxygen atoms in total. The van der Waals surface area contributed by atoms with Crippen LogP contribution in [-0.4, -0.2) is 25.3 Å². The van der Waals surface area contributed by atoms with Crippen molar-refractivity contribution in [3.05, 3.63) is 88.8 Å². The van der Waals surface area contributed by atoms with E-state index < -0.39 is 11.5 Å². The molecule has 0 aliphatic carbocycles. The summed E-state index contributed by atoms with van der Waals surface area (Å²) in [6, 6.07) is 21.3. The summed E-state index contributed by atoms with van der Waals surface area (Å²) in [6.45, 7) is 0. The molecule has 7 heteroatoms.